The van der Waals surface area contributed by atoms with E-state index in [1.54, 1.807) is 0 Å². The second-order valence-electron chi connectivity index (χ2n) is 3.84. The molecule has 2 N–H and O–H groups in total. The van der Waals surface area contributed by atoms with E-state index in [0.717, 1.165) is 19.3 Å². The summed E-state index contributed by atoms with van der Waals surface area (Å²) in [6.07, 6.45) is 2.90. The van der Waals surface area contributed by atoms with Crippen molar-refractivity contribution in [1.82, 2.24) is 5.32 Å². The van der Waals surface area contributed by atoms with E-state index in [-0.39, 0.29) is 17.1 Å². The molecule has 0 spiro atoms. The quantitative estimate of drug-likeness (QED) is 0.644. The maximum Gasteiger partial charge on any atom is 0.313 e. The Morgan fingerprint density at radius 1 is 1.47 bits per heavy atom. The highest BCUT2D eigenvalue weighted by molar-refractivity contribution is 7.99. The van der Waals surface area contributed by atoms with E-state index in [2.05, 4.69) is 5.32 Å². The van der Waals surface area contributed by atoms with Crippen molar-refractivity contribution in [1.29, 1.82) is 0 Å². The van der Waals surface area contributed by atoms with Crippen LogP contribution in [0.2, 0.25) is 0 Å². The SMILES string of the molecule is CCC1(C(=O)NCCSCC(=O)O)CC1. The highest BCUT2D eigenvalue weighted by Crippen LogP contribution is 2.48. The molecule has 0 aromatic rings. The van der Waals surface area contributed by atoms with Gasteiger partial charge in [0.2, 0.25) is 5.91 Å². The molecule has 15 heavy (non-hydrogen) atoms. The van der Waals surface area contributed by atoms with Gasteiger partial charge in [0.15, 0.2) is 0 Å². The minimum atomic E-state index is -0.807. The van der Waals surface area contributed by atoms with Crippen LogP contribution in [0.3, 0.4) is 0 Å². The molecule has 0 radical (unpaired) electrons. The fourth-order valence-corrected chi connectivity index (χ4v) is 2.04. The summed E-state index contributed by atoms with van der Waals surface area (Å²) >= 11 is 1.33. The van der Waals surface area contributed by atoms with Gasteiger partial charge in [-0.25, -0.2) is 0 Å². The Labute approximate surface area is 93.8 Å². The van der Waals surface area contributed by atoms with Crippen LogP contribution in [-0.2, 0) is 9.59 Å². The number of rotatable bonds is 7. The van der Waals surface area contributed by atoms with Crippen LogP contribution in [0.15, 0.2) is 0 Å². The molecule has 0 saturated heterocycles. The number of amides is 1. The molecule has 0 aromatic heterocycles. The number of aliphatic carboxylic acids is 1. The van der Waals surface area contributed by atoms with E-state index >= 15 is 0 Å². The van der Waals surface area contributed by atoms with Crippen LogP contribution in [-0.4, -0.2) is 35.0 Å². The molecular weight excluding hydrogens is 214 g/mol. The first kappa shape index (κ1) is 12.4. The van der Waals surface area contributed by atoms with Gasteiger partial charge in [0.1, 0.15) is 0 Å². The fraction of sp³-hybridized carbons (Fsp3) is 0.800. The molecular formula is C10H17NO3S. The molecule has 1 aliphatic rings. The molecule has 0 heterocycles. The first-order valence-corrected chi connectivity index (χ1v) is 6.34. The van der Waals surface area contributed by atoms with Crippen molar-refractivity contribution in [3.05, 3.63) is 0 Å². The van der Waals surface area contributed by atoms with Crippen LogP contribution in [0.4, 0.5) is 0 Å². The second-order valence-corrected chi connectivity index (χ2v) is 4.94. The molecule has 1 saturated carbocycles. The van der Waals surface area contributed by atoms with Gasteiger partial charge in [-0.15, -0.1) is 11.8 Å². The first-order chi connectivity index (χ1) is 7.10. The lowest BCUT2D eigenvalue weighted by Gasteiger charge is -2.12. The number of carbonyl (C=O) groups excluding carboxylic acids is 1. The average molecular weight is 231 g/mol. The van der Waals surface area contributed by atoms with E-state index in [1.165, 1.54) is 11.8 Å². The zero-order valence-corrected chi connectivity index (χ0v) is 9.73. The lowest BCUT2D eigenvalue weighted by Crippen LogP contribution is -2.33. The third-order valence-corrected chi connectivity index (χ3v) is 3.71. The van der Waals surface area contributed by atoms with Crippen LogP contribution >= 0.6 is 11.8 Å². The Kier molecular flexibility index (Phi) is 4.45. The zero-order valence-electron chi connectivity index (χ0n) is 8.91. The van der Waals surface area contributed by atoms with Crippen LogP contribution in [0, 0.1) is 5.41 Å². The Morgan fingerprint density at radius 3 is 2.60 bits per heavy atom. The summed E-state index contributed by atoms with van der Waals surface area (Å²) in [6.45, 7) is 2.60. The monoisotopic (exact) mass is 231 g/mol. The standard InChI is InChI=1S/C10H17NO3S/c1-2-10(3-4-10)9(14)11-5-6-15-7-8(12)13/h2-7H2,1H3,(H,11,14)(H,12,13). The molecule has 1 amide bonds. The van der Waals surface area contributed by atoms with Gasteiger partial charge in [-0.3, -0.25) is 9.59 Å². The minimum absolute atomic E-state index is 0.0858. The van der Waals surface area contributed by atoms with Gasteiger partial charge in [-0.05, 0) is 19.3 Å². The number of hydrogen-bond acceptors (Lipinski definition) is 3. The summed E-state index contributed by atoms with van der Waals surface area (Å²) in [6, 6.07) is 0. The summed E-state index contributed by atoms with van der Waals surface area (Å²) in [5.41, 5.74) is -0.0858. The number of hydrogen-bond donors (Lipinski definition) is 2. The summed E-state index contributed by atoms with van der Waals surface area (Å²) in [7, 11) is 0. The fourth-order valence-electron chi connectivity index (χ4n) is 1.48. The van der Waals surface area contributed by atoms with Gasteiger partial charge in [0, 0.05) is 17.7 Å². The van der Waals surface area contributed by atoms with Crippen molar-refractivity contribution < 1.29 is 14.7 Å². The average Bonchev–Trinajstić information content (AvgIpc) is 2.97. The normalized spacial score (nSPS) is 17.1. The molecule has 0 bridgehead atoms. The summed E-state index contributed by atoms with van der Waals surface area (Å²) in [4.78, 5) is 21.8. The third-order valence-electron chi connectivity index (χ3n) is 2.77. The van der Waals surface area contributed by atoms with Gasteiger partial charge >= 0.3 is 5.97 Å². The maximum atomic E-state index is 11.6. The highest BCUT2D eigenvalue weighted by Gasteiger charge is 2.47. The molecule has 1 fully saturated rings. The number of thioether (sulfide) groups is 1. The Bertz CT molecular complexity index is 251. The van der Waals surface area contributed by atoms with Crippen LogP contribution in [0.25, 0.3) is 0 Å². The van der Waals surface area contributed by atoms with Crippen LogP contribution in [0.1, 0.15) is 26.2 Å². The number of carboxylic acid groups (broad SMARTS) is 1. The molecule has 0 atom stereocenters. The zero-order chi connectivity index (χ0) is 11.3. The third kappa shape index (κ3) is 3.74. The van der Waals surface area contributed by atoms with Gasteiger partial charge in [-0.2, -0.15) is 0 Å². The number of carboxylic acids is 1. The molecule has 5 heteroatoms. The van der Waals surface area contributed by atoms with E-state index in [9.17, 15) is 9.59 Å². The molecule has 1 rings (SSSR count). The highest BCUT2D eigenvalue weighted by atomic mass is 32.2. The summed E-state index contributed by atoms with van der Waals surface area (Å²) in [5, 5.41) is 11.2. The number of nitrogens with one attached hydrogen (secondary N) is 1. The van der Waals surface area contributed by atoms with Crippen molar-refractivity contribution in [3.8, 4) is 0 Å². The van der Waals surface area contributed by atoms with Crippen molar-refractivity contribution in [2.75, 3.05) is 18.1 Å². The van der Waals surface area contributed by atoms with Crippen molar-refractivity contribution in [2.45, 2.75) is 26.2 Å². The Hall–Kier alpha value is -0.710. The number of carbonyl (C=O) groups is 2. The molecule has 4 nitrogen and oxygen atoms in total. The molecule has 0 aromatic carbocycles. The van der Waals surface area contributed by atoms with E-state index in [0.29, 0.717) is 12.3 Å². The summed E-state index contributed by atoms with van der Waals surface area (Å²) < 4.78 is 0. The van der Waals surface area contributed by atoms with Crippen molar-refractivity contribution in [2.24, 2.45) is 5.41 Å². The predicted molar refractivity (Wildman–Crippen MR) is 59.9 cm³/mol. The van der Waals surface area contributed by atoms with Crippen molar-refractivity contribution >= 4 is 23.6 Å². The lowest BCUT2D eigenvalue weighted by atomic mass is 10.0. The molecule has 0 aliphatic heterocycles. The van der Waals surface area contributed by atoms with E-state index < -0.39 is 5.97 Å². The molecule has 0 unspecified atom stereocenters. The largest absolute Gasteiger partial charge is 0.481 e. The first-order valence-electron chi connectivity index (χ1n) is 5.18. The lowest BCUT2D eigenvalue weighted by molar-refractivity contribution is -0.134. The van der Waals surface area contributed by atoms with E-state index in [1.807, 2.05) is 6.92 Å². The van der Waals surface area contributed by atoms with E-state index in [4.69, 9.17) is 5.11 Å². The van der Waals surface area contributed by atoms with Gasteiger partial charge in [0.05, 0.1) is 5.75 Å². The minimum Gasteiger partial charge on any atom is -0.481 e. The van der Waals surface area contributed by atoms with Crippen LogP contribution < -0.4 is 5.32 Å². The van der Waals surface area contributed by atoms with Crippen LogP contribution in [0.5, 0.6) is 0 Å². The van der Waals surface area contributed by atoms with Gasteiger partial charge in [0.25, 0.3) is 0 Å². The van der Waals surface area contributed by atoms with Gasteiger partial charge < -0.3 is 10.4 Å². The maximum absolute atomic E-state index is 11.6. The smallest absolute Gasteiger partial charge is 0.313 e. The Morgan fingerprint density at radius 2 is 2.13 bits per heavy atom. The Balaban J connectivity index is 2.05. The predicted octanol–water partition coefficient (Wildman–Crippen LogP) is 1.11. The second kappa shape index (κ2) is 5.39. The topological polar surface area (TPSA) is 66.4 Å². The van der Waals surface area contributed by atoms with Gasteiger partial charge in [-0.1, -0.05) is 6.92 Å². The van der Waals surface area contributed by atoms with Crippen molar-refractivity contribution in [3.63, 3.8) is 0 Å². The molecule has 86 valence electrons. The summed E-state index contributed by atoms with van der Waals surface area (Å²) in [5.74, 6) is 0.103. The molecule has 1 aliphatic carbocycles.